The molecule has 0 radical (unpaired) electrons. The van der Waals surface area contributed by atoms with Gasteiger partial charge in [0.25, 0.3) is 11.6 Å². The summed E-state index contributed by atoms with van der Waals surface area (Å²) in [7, 11) is -3.91. The van der Waals surface area contributed by atoms with Crippen LogP contribution in [0.25, 0.3) is 0 Å². The van der Waals surface area contributed by atoms with E-state index in [-0.39, 0.29) is 17.2 Å². The first-order chi connectivity index (χ1) is 15.8. The number of nitrogens with one attached hydrogen (secondary N) is 2. The zero-order chi connectivity index (χ0) is 23.8. The first-order valence-corrected chi connectivity index (χ1v) is 11.8. The predicted molar refractivity (Wildman–Crippen MR) is 124 cm³/mol. The van der Waals surface area contributed by atoms with Crippen molar-refractivity contribution in [2.24, 2.45) is 5.92 Å². The molecule has 3 aromatic rings. The second kappa shape index (κ2) is 10.8. The maximum Gasteiger partial charge on any atom is 0.449 e. The van der Waals surface area contributed by atoms with Crippen molar-refractivity contribution in [1.29, 1.82) is 0 Å². The van der Waals surface area contributed by atoms with Crippen LogP contribution in [0.15, 0.2) is 84.9 Å². The van der Waals surface area contributed by atoms with E-state index in [9.17, 15) is 19.5 Å². The number of hydrogen-bond acceptors (Lipinski definition) is 7. The number of non-ortho nitro benzene ring substituents is 1. The Bertz CT molecular complexity index is 1080. The number of carbonyl (C=O) groups is 1. The molecule has 1 atom stereocenters. The standard InChI is InChI=1S/C23H24N3O6P/c1-17(2)23(25-24-22(27)18-13-15-19(16-14-18)26(28)29)33(30,31-20-9-5-3-6-10-20)32-21-11-7-4-8-12-21/h3-17,23,25H,1-2H3,(H,24,27)/t23-/m0/s1. The summed E-state index contributed by atoms with van der Waals surface area (Å²) < 4.78 is 25.7. The van der Waals surface area contributed by atoms with E-state index in [1.807, 2.05) is 13.8 Å². The zero-order valence-electron chi connectivity index (χ0n) is 18.1. The van der Waals surface area contributed by atoms with Crippen molar-refractivity contribution in [3.8, 4) is 11.5 Å². The number of nitro benzene ring substituents is 1. The maximum atomic E-state index is 14.0. The molecule has 3 rings (SSSR count). The van der Waals surface area contributed by atoms with E-state index in [4.69, 9.17) is 9.05 Å². The topological polar surface area (TPSA) is 120 Å². The smallest absolute Gasteiger partial charge is 0.415 e. The fourth-order valence-electron chi connectivity index (χ4n) is 2.95. The Hall–Kier alpha value is -3.68. The third-order valence-corrected chi connectivity index (χ3v) is 6.94. The fourth-order valence-corrected chi connectivity index (χ4v) is 4.99. The first-order valence-electron chi connectivity index (χ1n) is 10.2. The molecule has 9 nitrogen and oxygen atoms in total. The Morgan fingerprint density at radius 3 is 1.79 bits per heavy atom. The summed E-state index contributed by atoms with van der Waals surface area (Å²) in [6.07, 6.45) is 0. The summed E-state index contributed by atoms with van der Waals surface area (Å²) in [5.41, 5.74) is 5.37. The molecular weight excluding hydrogens is 445 g/mol. The molecule has 33 heavy (non-hydrogen) atoms. The van der Waals surface area contributed by atoms with Crippen molar-refractivity contribution >= 4 is 19.2 Å². The van der Waals surface area contributed by atoms with Crippen LogP contribution in [-0.2, 0) is 4.57 Å². The quantitative estimate of drug-likeness (QED) is 0.239. The van der Waals surface area contributed by atoms with E-state index in [2.05, 4.69) is 10.9 Å². The third kappa shape index (κ3) is 6.41. The number of carbonyl (C=O) groups excluding carboxylic acids is 1. The van der Waals surface area contributed by atoms with Gasteiger partial charge >= 0.3 is 7.60 Å². The summed E-state index contributed by atoms with van der Waals surface area (Å²) in [4.78, 5) is 22.8. The summed E-state index contributed by atoms with van der Waals surface area (Å²) in [6, 6.07) is 22.4. The summed E-state index contributed by atoms with van der Waals surface area (Å²) >= 11 is 0. The average Bonchev–Trinajstić information content (AvgIpc) is 2.80. The van der Waals surface area contributed by atoms with Crippen molar-refractivity contribution in [1.82, 2.24) is 10.9 Å². The molecule has 0 saturated heterocycles. The maximum absolute atomic E-state index is 14.0. The molecule has 0 aliphatic carbocycles. The highest BCUT2D eigenvalue weighted by Gasteiger charge is 2.42. The molecule has 0 aromatic heterocycles. The molecular formula is C23H24N3O6P. The van der Waals surface area contributed by atoms with Crippen molar-refractivity contribution in [2.75, 3.05) is 0 Å². The number of amides is 1. The van der Waals surface area contributed by atoms with Crippen LogP contribution < -0.4 is 19.9 Å². The van der Waals surface area contributed by atoms with Gasteiger partial charge in [-0.05, 0) is 42.3 Å². The van der Waals surface area contributed by atoms with Crippen LogP contribution in [0.5, 0.6) is 11.5 Å². The number of nitro groups is 1. The Kier molecular flexibility index (Phi) is 7.82. The summed E-state index contributed by atoms with van der Waals surface area (Å²) in [5.74, 6) is -1.04. The Morgan fingerprint density at radius 1 is 0.879 bits per heavy atom. The van der Waals surface area contributed by atoms with Crippen LogP contribution in [0.1, 0.15) is 24.2 Å². The van der Waals surface area contributed by atoms with Crippen LogP contribution in [0.4, 0.5) is 5.69 Å². The number of hydrazine groups is 1. The fraction of sp³-hybridized carbons (Fsp3) is 0.174. The van der Waals surface area contributed by atoms with Gasteiger partial charge in [0, 0.05) is 17.7 Å². The number of hydrogen-bond donors (Lipinski definition) is 2. The van der Waals surface area contributed by atoms with Crippen molar-refractivity contribution < 1.29 is 23.3 Å². The van der Waals surface area contributed by atoms with Crippen LogP contribution in [0.2, 0.25) is 0 Å². The molecule has 172 valence electrons. The Labute approximate surface area is 191 Å². The van der Waals surface area contributed by atoms with Crippen LogP contribution in [0.3, 0.4) is 0 Å². The molecule has 0 bridgehead atoms. The van der Waals surface area contributed by atoms with Gasteiger partial charge in [0.15, 0.2) is 5.78 Å². The molecule has 2 N–H and O–H groups in total. The summed E-state index contributed by atoms with van der Waals surface area (Å²) in [6.45, 7) is 3.62. The zero-order valence-corrected chi connectivity index (χ0v) is 19.0. The minimum Gasteiger partial charge on any atom is -0.415 e. The Morgan fingerprint density at radius 2 is 1.36 bits per heavy atom. The van der Waals surface area contributed by atoms with Gasteiger partial charge < -0.3 is 9.05 Å². The average molecular weight is 469 g/mol. The number of rotatable bonds is 10. The van der Waals surface area contributed by atoms with E-state index in [0.717, 1.165) is 0 Å². The SMILES string of the molecule is CC(C)[C@@H](NNC(=O)c1ccc([N+](=O)[O-])cc1)P(=O)(Oc1ccccc1)Oc1ccccc1. The number of benzene rings is 3. The molecule has 3 aromatic carbocycles. The van der Waals surface area contributed by atoms with Crippen molar-refractivity contribution in [2.45, 2.75) is 19.6 Å². The van der Waals surface area contributed by atoms with Crippen molar-refractivity contribution in [3.05, 3.63) is 101 Å². The minimum absolute atomic E-state index is 0.128. The van der Waals surface area contributed by atoms with E-state index in [1.165, 1.54) is 24.3 Å². The van der Waals surface area contributed by atoms with Gasteiger partial charge in [0.05, 0.1) is 4.92 Å². The normalized spacial score (nSPS) is 12.1. The van der Waals surface area contributed by atoms with Gasteiger partial charge in [-0.25, -0.2) is 9.99 Å². The van der Waals surface area contributed by atoms with Crippen LogP contribution >= 0.6 is 7.60 Å². The van der Waals surface area contributed by atoms with Gasteiger partial charge in [-0.3, -0.25) is 20.3 Å². The number of nitrogens with zero attached hydrogens (tertiary/aromatic N) is 1. The lowest BCUT2D eigenvalue weighted by atomic mass is 10.2. The lowest BCUT2D eigenvalue weighted by Crippen LogP contribution is -2.47. The van der Waals surface area contributed by atoms with Gasteiger partial charge in [0.2, 0.25) is 0 Å². The van der Waals surface area contributed by atoms with Crippen LogP contribution in [-0.4, -0.2) is 16.6 Å². The van der Waals surface area contributed by atoms with Crippen molar-refractivity contribution in [3.63, 3.8) is 0 Å². The second-order valence-electron chi connectivity index (χ2n) is 7.44. The highest BCUT2D eigenvalue weighted by molar-refractivity contribution is 7.55. The predicted octanol–water partition coefficient (Wildman–Crippen LogP) is 5.16. The van der Waals surface area contributed by atoms with Gasteiger partial charge in [-0.2, -0.15) is 0 Å². The van der Waals surface area contributed by atoms with E-state index in [0.29, 0.717) is 11.5 Å². The molecule has 0 aliphatic rings. The molecule has 0 saturated carbocycles. The third-order valence-electron chi connectivity index (χ3n) is 4.60. The molecule has 0 unspecified atom stereocenters. The number of para-hydroxylation sites is 2. The molecule has 10 heteroatoms. The lowest BCUT2D eigenvalue weighted by Gasteiger charge is -2.30. The van der Waals surface area contributed by atoms with E-state index < -0.39 is 24.2 Å². The van der Waals surface area contributed by atoms with Gasteiger partial charge in [-0.1, -0.05) is 50.2 Å². The lowest BCUT2D eigenvalue weighted by molar-refractivity contribution is -0.384. The van der Waals surface area contributed by atoms with E-state index >= 15 is 0 Å². The van der Waals surface area contributed by atoms with E-state index in [1.54, 1.807) is 60.7 Å². The van der Waals surface area contributed by atoms with Gasteiger partial charge in [0.1, 0.15) is 11.5 Å². The largest absolute Gasteiger partial charge is 0.449 e. The second-order valence-corrected chi connectivity index (χ2v) is 9.44. The first kappa shape index (κ1) is 24.0. The van der Waals surface area contributed by atoms with Gasteiger partial charge in [-0.15, -0.1) is 0 Å². The highest BCUT2D eigenvalue weighted by atomic mass is 31.2. The minimum atomic E-state index is -3.91. The monoisotopic (exact) mass is 469 g/mol. The molecule has 1 amide bonds. The molecule has 0 fully saturated rings. The Balaban J connectivity index is 1.82. The molecule has 0 spiro atoms. The molecule has 0 aliphatic heterocycles. The summed E-state index contributed by atoms with van der Waals surface area (Å²) in [5, 5.41) is 10.8. The highest BCUT2D eigenvalue weighted by Crippen LogP contribution is 2.53. The van der Waals surface area contributed by atoms with Crippen LogP contribution in [0, 0.1) is 16.0 Å². The molecule has 0 heterocycles.